The van der Waals surface area contributed by atoms with Crippen LogP contribution in [0, 0.1) is 6.92 Å². The number of aryl methyl sites for hydroxylation is 1. The fraction of sp³-hybridized carbons (Fsp3) is 0.600. The topological polar surface area (TPSA) is 27.7 Å². The predicted octanol–water partition coefficient (Wildman–Crippen LogP) is 4.02. The highest BCUT2D eigenvalue weighted by Crippen LogP contribution is 2.38. The number of hydrogen-bond donors (Lipinski definition) is 0. The Balaban J connectivity index is 2.17. The minimum Gasteiger partial charge on any atom is -0.493 e. The first-order valence-electron chi connectivity index (χ1n) is 6.64. The van der Waals surface area contributed by atoms with Gasteiger partial charge in [0.25, 0.3) is 0 Å². The molecule has 2 atom stereocenters. The first kappa shape index (κ1) is 14.7. The number of hydrogen-bond acceptors (Lipinski definition) is 3. The molecule has 0 spiro atoms. The first-order valence-corrected chi connectivity index (χ1v) is 7.55. The molecule has 2 unspecified atom stereocenters. The molecule has 0 amide bonds. The molecule has 1 aliphatic rings. The van der Waals surface area contributed by atoms with Crippen LogP contribution in [0.1, 0.15) is 35.2 Å². The van der Waals surface area contributed by atoms with Gasteiger partial charge in [0.05, 0.1) is 20.3 Å². The van der Waals surface area contributed by atoms with Crippen LogP contribution in [0.25, 0.3) is 0 Å². The van der Waals surface area contributed by atoms with E-state index in [1.54, 1.807) is 14.2 Å². The molecule has 0 aliphatic carbocycles. The summed E-state index contributed by atoms with van der Waals surface area (Å²) >= 11 is 3.78. The van der Waals surface area contributed by atoms with Crippen LogP contribution >= 0.6 is 15.9 Å². The maximum atomic E-state index is 5.70. The lowest BCUT2D eigenvalue weighted by Crippen LogP contribution is -2.09. The number of halogens is 1. The van der Waals surface area contributed by atoms with E-state index in [4.69, 9.17) is 14.2 Å². The zero-order valence-electron chi connectivity index (χ0n) is 11.7. The summed E-state index contributed by atoms with van der Waals surface area (Å²) in [6.45, 7) is 3.00. The van der Waals surface area contributed by atoms with E-state index in [-0.39, 0.29) is 4.83 Å². The quantitative estimate of drug-likeness (QED) is 0.764. The summed E-state index contributed by atoms with van der Waals surface area (Å²) in [5, 5.41) is 0. The van der Waals surface area contributed by atoms with E-state index in [0.29, 0.717) is 6.10 Å². The van der Waals surface area contributed by atoms with Crippen molar-refractivity contribution in [1.82, 2.24) is 0 Å². The highest BCUT2D eigenvalue weighted by atomic mass is 79.9. The largest absolute Gasteiger partial charge is 0.493 e. The van der Waals surface area contributed by atoms with Gasteiger partial charge in [-0.3, -0.25) is 0 Å². The predicted molar refractivity (Wildman–Crippen MR) is 79.5 cm³/mol. The normalized spacial score (nSPS) is 20.3. The minimum atomic E-state index is 0.287. The number of alkyl halides is 1. The maximum Gasteiger partial charge on any atom is 0.161 e. The summed E-state index contributed by atoms with van der Waals surface area (Å²) in [5.41, 5.74) is 2.45. The third-order valence-corrected chi connectivity index (χ3v) is 4.47. The van der Waals surface area contributed by atoms with Gasteiger partial charge in [-0.25, -0.2) is 0 Å². The van der Waals surface area contributed by atoms with Crippen LogP contribution in [0.4, 0.5) is 0 Å². The SMILES string of the molecule is COc1cc(C)c(C(Br)CC2CCCO2)cc1OC. The minimum absolute atomic E-state index is 0.287. The Labute approximate surface area is 123 Å². The molecule has 1 aromatic rings. The molecular weight excluding hydrogens is 308 g/mol. The zero-order valence-corrected chi connectivity index (χ0v) is 13.3. The molecule has 1 saturated heterocycles. The van der Waals surface area contributed by atoms with Crippen LogP contribution in [0.3, 0.4) is 0 Å². The van der Waals surface area contributed by atoms with E-state index >= 15 is 0 Å². The molecule has 1 fully saturated rings. The van der Waals surface area contributed by atoms with Gasteiger partial charge in [0.15, 0.2) is 11.5 Å². The fourth-order valence-electron chi connectivity index (χ4n) is 2.52. The van der Waals surface area contributed by atoms with E-state index in [2.05, 4.69) is 28.9 Å². The van der Waals surface area contributed by atoms with Gasteiger partial charge in [0, 0.05) is 11.4 Å². The van der Waals surface area contributed by atoms with Crippen LogP contribution < -0.4 is 9.47 Å². The molecule has 0 radical (unpaired) electrons. The average molecular weight is 329 g/mol. The van der Waals surface area contributed by atoms with Gasteiger partial charge in [0.2, 0.25) is 0 Å². The second-order valence-corrected chi connectivity index (χ2v) is 6.01. The Morgan fingerprint density at radius 3 is 2.58 bits per heavy atom. The van der Waals surface area contributed by atoms with E-state index in [0.717, 1.165) is 30.9 Å². The van der Waals surface area contributed by atoms with Gasteiger partial charge in [0.1, 0.15) is 0 Å². The highest BCUT2D eigenvalue weighted by molar-refractivity contribution is 9.09. The second-order valence-electron chi connectivity index (χ2n) is 4.90. The van der Waals surface area contributed by atoms with E-state index in [9.17, 15) is 0 Å². The molecule has 3 nitrogen and oxygen atoms in total. The van der Waals surface area contributed by atoms with Gasteiger partial charge in [-0.2, -0.15) is 0 Å². The lowest BCUT2D eigenvalue weighted by Gasteiger charge is -2.19. The summed E-state index contributed by atoms with van der Waals surface area (Å²) in [6, 6.07) is 4.08. The molecule has 0 N–H and O–H groups in total. The van der Waals surface area contributed by atoms with Crippen molar-refractivity contribution >= 4 is 15.9 Å². The van der Waals surface area contributed by atoms with Crippen molar-refractivity contribution in [2.45, 2.75) is 37.1 Å². The number of methoxy groups -OCH3 is 2. The van der Waals surface area contributed by atoms with Gasteiger partial charge in [-0.1, -0.05) is 15.9 Å². The lowest BCUT2D eigenvalue weighted by atomic mass is 10.00. The van der Waals surface area contributed by atoms with Crippen molar-refractivity contribution < 1.29 is 14.2 Å². The van der Waals surface area contributed by atoms with E-state index < -0.39 is 0 Å². The smallest absolute Gasteiger partial charge is 0.161 e. The third-order valence-electron chi connectivity index (χ3n) is 3.60. The Morgan fingerprint density at radius 2 is 2.00 bits per heavy atom. The summed E-state index contributed by atoms with van der Waals surface area (Å²) in [6.07, 6.45) is 3.71. The molecule has 1 heterocycles. The lowest BCUT2D eigenvalue weighted by molar-refractivity contribution is 0.104. The molecule has 1 aromatic carbocycles. The molecule has 19 heavy (non-hydrogen) atoms. The van der Waals surface area contributed by atoms with Crippen molar-refractivity contribution in [2.24, 2.45) is 0 Å². The van der Waals surface area contributed by atoms with Crippen molar-refractivity contribution in [3.8, 4) is 11.5 Å². The van der Waals surface area contributed by atoms with E-state index in [1.165, 1.54) is 17.5 Å². The Morgan fingerprint density at radius 1 is 1.32 bits per heavy atom. The monoisotopic (exact) mass is 328 g/mol. The van der Waals surface area contributed by atoms with Crippen LogP contribution in [0.2, 0.25) is 0 Å². The number of benzene rings is 1. The van der Waals surface area contributed by atoms with Crippen LogP contribution in [0.15, 0.2) is 12.1 Å². The molecule has 0 bridgehead atoms. The molecule has 0 aromatic heterocycles. The molecule has 0 saturated carbocycles. The highest BCUT2D eigenvalue weighted by Gasteiger charge is 2.22. The Kier molecular flexibility index (Phi) is 5.11. The van der Waals surface area contributed by atoms with Gasteiger partial charge < -0.3 is 14.2 Å². The molecular formula is C15H21BrO3. The van der Waals surface area contributed by atoms with Crippen molar-refractivity contribution in [1.29, 1.82) is 0 Å². The Bertz CT molecular complexity index is 428. The van der Waals surface area contributed by atoms with Crippen molar-refractivity contribution in [3.63, 3.8) is 0 Å². The van der Waals surface area contributed by atoms with Crippen LogP contribution in [0.5, 0.6) is 11.5 Å². The summed E-state index contributed by atoms with van der Waals surface area (Å²) in [4.78, 5) is 0.287. The third kappa shape index (κ3) is 3.42. The molecule has 2 rings (SSSR count). The Hall–Kier alpha value is -0.740. The van der Waals surface area contributed by atoms with E-state index in [1.807, 2.05) is 6.07 Å². The van der Waals surface area contributed by atoms with Gasteiger partial charge >= 0.3 is 0 Å². The van der Waals surface area contributed by atoms with Crippen LogP contribution in [-0.4, -0.2) is 26.9 Å². The molecule has 1 aliphatic heterocycles. The summed E-state index contributed by atoms with van der Waals surface area (Å²) in [7, 11) is 3.33. The number of rotatable bonds is 5. The number of ether oxygens (including phenoxy) is 3. The summed E-state index contributed by atoms with van der Waals surface area (Å²) in [5.74, 6) is 1.56. The average Bonchev–Trinajstić information content (AvgIpc) is 2.90. The second kappa shape index (κ2) is 6.62. The fourth-order valence-corrected chi connectivity index (χ4v) is 3.43. The van der Waals surface area contributed by atoms with Crippen molar-refractivity contribution in [2.75, 3.05) is 20.8 Å². The summed E-state index contributed by atoms with van der Waals surface area (Å²) < 4.78 is 16.4. The van der Waals surface area contributed by atoms with Crippen LogP contribution in [-0.2, 0) is 4.74 Å². The standard InChI is InChI=1S/C15H21BrO3/c1-10-7-14(17-2)15(18-3)9-12(10)13(16)8-11-5-4-6-19-11/h7,9,11,13H,4-6,8H2,1-3H3. The zero-order chi connectivity index (χ0) is 13.8. The van der Waals surface area contributed by atoms with Gasteiger partial charge in [-0.05, 0) is 49.4 Å². The molecule has 4 heteroatoms. The maximum absolute atomic E-state index is 5.70. The molecule has 106 valence electrons. The van der Waals surface area contributed by atoms with Crippen molar-refractivity contribution in [3.05, 3.63) is 23.3 Å². The van der Waals surface area contributed by atoms with Gasteiger partial charge in [-0.15, -0.1) is 0 Å². The first-order chi connectivity index (χ1) is 9.15.